The lowest BCUT2D eigenvalue weighted by atomic mass is 10.0. The summed E-state index contributed by atoms with van der Waals surface area (Å²) in [7, 11) is 0. The second-order valence-corrected chi connectivity index (χ2v) is 5.87. The van der Waals surface area contributed by atoms with Crippen molar-refractivity contribution in [2.45, 2.75) is 12.2 Å². The Kier molecular flexibility index (Phi) is 5.28. The van der Waals surface area contributed by atoms with Crippen LogP contribution in [0.1, 0.15) is 6.92 Å². The van der Waals surface area contributed by atoms with Gasteiger partial charge in [0.2, 0.25) is 5.91 Å². The van der Waals surface area contributed by atoms with E-state index in [9.17, 15) is 9.59 Å². The van der Waals surface area contributed by atoms with Crippen molar-refractivity contribution in [3.63, 3.8) is 0 Å². The van der Waals surface area contributed by atoms with Crippen LogP contribution in [0.3, 0.4) is 0 Å². The van der Waals surface area contributed by atoms with Crippen molar-refractivity contribution in [2.24, 2.45) is 5.92 Å². The van der Waals surface area contributed by atoms with Gasteiger partial charge in [0, 0.05) is 11.8 Å². The van der Waals surface area contributed by atoms with Gasteiger partial charge in [-0.1, -0.05) is 0 Å². The van der Waals surface area contributed by atoms with E-state index in [0.717, 1.165) is 0 Å². The van der Waals surface area contributed by atoms with Gasteiger partial charge < -0.3 is 14.8 Å². The fraction of sp³-hybridized carbons (Fsp3) is 0.400. The molecule has 116 valence electrons. The standard InChI is InChI=1S/C15H16N2O4S/c1-9(22-2)14(18)11(8-16)15(19)17-10-3-4-12-13(7-10)21-6-5-20-12/h3-4,7,9,11H,5-6H2,1-2H3,(H,17,19)/t9-,11-/m1/s1. The number of rotatable bonds is 5. The number of carbonyl (C=O) groups is 2. The fourth-order valence-corrected chi connectivity index (χ4v) is 2.31. The average Bonchev–Trinajstić information content (AvgIpc) is 2.54. The number of Topliss-reactive ketones (excluding diaryl/α,β-unsaturated/α-hetero) is 1. The van der Waals surface area contributed by atoms with E-state index in [1.54, 1.807) is 37.4 Å². The van der Waals surface area contributed by atoms with E-state index in [1.807, 2.05) is 0 Å². The zero-order valence-corrected chi connectivity index (χ0v) is 13.1. The number of hydrogen-bond donors (Lipinski definition) is 1. The van der Waals surface area contributed by atoms with Crippen LogP contribution in [0.4, 0.5) is 5.69 Å². The van der Waals surface area contributed by atoms with Crippen molar-refractivity contribution in [1.29, 1.82) is 5.26 Å². The van der Waals surface area contributed by atoms with Crippen LogP contribution >= 0.6 is 11.8 Å². The second kappa shape index (κ2) is 7.18. The van der Waals surface area contributed by atoms with Crippen molar-refractivity contribution >= 4 is 29.1 Å². The van der Waals surface area contributed by atoms with Gasteiger partial charge in [0.1, 0.15) is 13.2 Å². The van der Waals surface area contributed by atoms with Crippen LogP contribution in [0.15, 0.2) is 18.2 Å². The summed E-state index contributed by atoms with van der Waals surface area (Å²) in [6.45, 7) is 2.60. The third-order valence-electron chi connectivity index (χ3n) is 3.24. The number of thioether (sulfide) groups is 1. The maximum atomic E-state index is 12.1. The van der Waals surface area contributed by atoms with Crippen LogP contribution in [-0.4, -0.2) is 36.4 Å². The van der Waals surface area contributed by atoms with Crippen LogP contribution in [0.5, 0.6) is 11.5 Å². The summed E-state index contributed by atoms with van der Waals surface area (Å²) in [5.41, 5.74) is 0.458. The average molecular weight is 320 g/mol. The Bertz CT molecular complexity index is 626. The number of anilines is 1. The number of ether oxygens (including phenoxy) is 2. The minimum Gasteiger partial charge on any atom is -0.486 e. The normalized spacial score (nSPS) is 15.3. The first kappa shape index (κ1) is 16.2. The molecule has 7 heteroatoms. The minimum absolute atomic E-state index is 0.398. The Morgan fingerprint density at radius 2 is 2.00 bits per heavy atom. The molecule has 1 aromatic rings. The highest BCUT2D eigenvalue weighted by Gasteiger charge is 2.30. The van der Waals surface area contributed by atoms with E-state index in [1.165, 1.54) is 11.8 Å². The third-order valence-corrected chi connectivity index (χ3v) is 4.18. The topological polar surface area (TPSA) is 88.4 Å². The lowest BCUT2D eigenvalue weighted by Crippen LogP contribution is -2.33. The van der Waals surface area contributed by atoms with Gasteiger partial charge in [-0.2, -0.15) is 17.0 Å². The summed E-state index contributed by atoms with van der Waals surface area (Å²) in [6, 6.07) is 6.70. The number of benzene rings is 1. The first-order valence-corrected chi connectivity index (χ1v) is 8.02. The molecule has 0 spiro atoms. The molecule has 0 aliphatic carbocycles. The lowest BCUT2D eigenvalue weighted by Gasteiger charge is -2.19. The van der Waals surface area contributed by atoms with Crippen LogP contribution in [0.25, 0.3) is 0 Å². The summed E-state index contributed by atoms with van der Waals surface area (Å²) in [6.07, 6.45) is 1.76. The SMILES string of the molecule is CS[C@H](C)C(=O)[C@@H](C#N)C(=O)Nc1ccc2c(c1)OCCO2. The van der Waals surface area contributed by atoms with Gasteiger partial charge in [-0.15, -0.1) is 0 Å². The molecular formula is C15H16N2O4S. The summed E-state index contributed by atoms with van der Waals surface area (Å²) < 4.78 is 10.8. The molecule has 1 heterocycles. The lowest BCUT2D eigenvalue weighted by molar-refractivity contribution is -0.128. The Morgan fingerprint density at radius 1 is 1.32 bits per heavy atom. The van der Waals surface area contributed by atoms with Crippen LogP contribution < -0.4 is 14.8 Å². The van der Waals surface area contributed by atoms with Crippen LogP contribution in [0.2, 0.25) is 0 Å². The third kappa shape index (κ3) is 3.52. The van der Waals surface area contributed by atoms with Crippen molar-refractivity contribution in [3.05, 3.63) is 18.2 Å². The first-order chi connectivity index (χ1) is 10.6. The number of amides is 1. The molecule has 22 heavy (non-hydrogen) atoms. The summed E-state index contributed by atoms with van der Waals surface area (Å²) in [5.74, 6) is -1.22. The van der Waals surface area contributed by atoms with Gasteiger partial charge in [-0.25, -0.2) is 0 Å². The predicted molar refractivity (Wildman–Crippen MR) is 83.1 cm³/mol. The van der Waals surface area contributed by atoms with Gasteiger partial charge in [0.05, 0.1) is 11.3 Å². The van der Waals surface area contributed by atoms with Gasteiger partial charge >= 0.3 is 0 Å². The monoisotopic (exact) mass is 320 g/mol. The molecule has 2 atom stereocenters. The largest absolute Gasteiger partial charge is 0.486 e. The number of carbonyl (C=O) groups excluding carboxylic acids is 2. The molecule has 0 saturated carbocycles. The van der Waals surface area contributed by atoms with Gasteiger partial charge in [0.25, 0.3) is 0 Å². The number of hydrogen-bond acceptors (Lipinski definition) is 6. The number of nitrogens with zero attached hydrogens (tertiary/aromatic N) is 1. The van der Waals surface area contributed by atoms with Crippen molar-refractivity contribution < 1.29 is 19.1 Å². The molecule has 0 fully saturated rings. The quantitative estimate of drug-likeness (QED) is 0.833. The predicted octanol–water partition coefficient (Wildman–Crippen LogP) is 1.86. The van der Waals surface area contributed by atoms with Gasteiger partial charge in [0.15, 0.2) is 23.2 Å². The smallest absolute Gasteiger partial charge is 0.249 e. The van der Waals surface area contributed by atoms with Crippen LogP contribution in [0, 0.1) is 17.2 Å². The van der Waals surface area contributed by atoms with E-state index in [2.05, 4.69) is 5.32 Å². The molecule has 1 aliphatic rings. The Labute approximate surface area is 132 Å². The maximum Gasteiger partial charge on any atom is 0.249 e. The molecule has 2 rings (SSSR count). The van der Waals surface area contributed by atoms with Crippen molar-refractivity contribution in [2.75, 3.05) is 24.8 Å². The van der Waals surface area contributed by atoms with Crippen LogP contribution in [-0.2, 0) is 9.59 Å². The second-order valence-electron chi connectivity index (χ2n) is 4.69. The highest BCUT2D eigenvalue weighted by Crippen LogP contribution is 2.32. The molecule has 0 saturated heterocycles. The Morgan fingerprint density at radius 3 is 2.64 bits per heavy atom. The molecule has 1 amide bonds. The molecular weight excluding hydrogens is 304 g/mol. The van der Waals surface area contributed by atoms with Gasteiger partial charge in [-0.05, 0) is 25.3 Å². The maximum absolute atomic E-state index is 12.1. The highest BCUT2D eigenvalue weighted by atomic mass is 32.2. The van der Waals surface area contributed by atoms with Crippen molar-refractivity contribution in [3.8, 4) is 17.6 Å². The van der Waals surface area contributed by atoms with E-state index in [0.29, 0.717) is 30.4 Å². The highest BCUT2D eigenvalue weighted by molar-refractivity contribution is 7.99. The number of ketones is 1. The Hall–Kier alpha value is -2.20. The van der Waals surface area contributed by atoms with Crippen molar-refractivity contribution in [1.82, 2.24) is 0 Å². The van der Waals surface area contributed by atoms with Gasteiger partial charge in [-0.3, -0.25) is 9.59 Å². The van der Waals surface area contributed by atoms with E-state index in [4.69, 9.17) is 14.7 Å². The first-order valence-electron chi connectivity index (χ1n) is 6.73. The van der Waals surface area contributed by atoms with E-state index in [-0.39, 0.29) is 0 Å². The summed E-state index contributed by atoms with van der Waals surface area (Å²) >= 11 is 1.30. The zero-order valence-electron chi connectivity index (χ0n) is 12.3. The molecule has 0 bridgehead atoms. The summed E-state index contributed by atoms with van der Waals surface area (Å²) in [5, 5.41) is 11.3. The van der Waals surface area contributed by atoms with E-state index < -0.39 is 22.9 Å². The number of nitrogens with one attached hydrogen (secondary N) is 1. The molecule has 0 unspecified atom stereocenters. The molecule has 6 nitrogen and oxygen atoms in total. The minimum atomic E-state index is -1.32. The molecule has 0 radical (unpaired) electrons. The van der Waals surface area contributed by atoms with E-state index >= 15 is 0 Å². The Balaban J connectivity index is 2.10. The molecule has 1 N–H and O–H groups in total. The molecule has 0 aromatic heterocycles. The fourth-order valence-electron chi connectivity index (χ4n) is 1.94. The number of fused-ring (bicyclic) bond motifs is 1. The number of nitriles is 1. The zero-order chi connectivity index (χ0) is 16.1. The molecule has 1 aliphatic heterocycles. The summed E-state index contributed by atoms with van der Waals surface area (Å²) in [4.78, 5) is 24.2. The molecule has 1 aromatic carbocycles.